The number of piperidine rings is 1. The van der Waals surface area contributed by atoms with E-state index in [1.165, 1.54) is 0 Å². The molecule has 0 amide bonds. The van der Waals surface area contributed by atoms with Crippen LogP contribution < -0.4 is 10.2 Å². The summed E-state index contributed by atoms with van der Waals surface area (Å²) in [7, 11) is 2.03. The van der Waals surface area contributed by atoms with Gasteiger partial charge in [-0.15, -0.1) is 0 Å². The number of hydrogen-bond donors (Lipinski definition) is 1. The Labute approximate surface area is 113 Å². The number of rotatable bonds is 2. The number of benzene rings is 1. The van der Waals surface area contributed by atoms with Crippen molar-refractivity contribution in [1.82, 2.24) is 5.32 Å². The first-order valence-corrected chi connectivity index (χ1v) is 6.75. The normalized spacial score (nSPS) is 25.1. The second kappa shape index (κ2) is 5.47. The topological polar surface area (TPSA) is 15.3 Å². The summed E-state index contributed by atoms with van der Waals surface area (Å²) >= 11 is 12.1. The first kappa shape index (κ1) is 13.0. The van der Waals surface area contributed by atoms with Gasteiger partial charge in [0.2, 0.25) is 0 Å². The SMILES string of the molecule is CNC1CCN(c2cc(Cl)cc(Cl)c2)C(C)C1. The Morgan fingerprint density at radius 3 is 2.41 bits per heavy atom. The fourth-order valence-corrected chi connectivity index (χ4v) is 3.04. The van der Waals surface area contributed by atoms with Crippen LogP contribution in [0.3, 0.4) is 0 Å². The van der Waals surface area contributed by atoms with Crippen molar-refractivity contribution in [2.75, 3.05) is 18.5 Å². The minimum atomic E-state index is 0.510. The molecule has 0 aromatic heterocycles. The molecule has 4 heteroatoms. The third kappa shape index (κ3) is 3.06. The third-order valence-electron chi connectivity index (χ3n) is 3.46. The second-order valence-corrected chi connectivity index (χ2v) is 5.55. The van der Waals surface area contributed by atoms with Gasteiger partial charge in [0.1, 0.15) is 0 Å². The van der Waals surface area contributed by atoms with Crippen LogP contribution in [-0.4, -0.2) is 25.7 Å². The maximum Gasteiger partial charge on any atom is 0.0441 e. The van der Waals surface area contributed by atoms with Gasteiger partial charge in [0.05, 0.1) is 0 Å². The summed E-state index contributed by atoms with van der Waals surface area (Å²) < 4.78 is 0. The Kier molecular flexibility index (Phi) is 4.18. The largest absolute Gasteiger partial charge is 0.369 e. The average Bonchev–Trinajstić information content (AvgIpc) is 2.27. The van der Waals surface area contributed by atoms with Gasteiger partial charge < -0.3 is 10.2 Å². The van der Waals surface area contributed by atoms with Crippen molar-refractivity contribution in [2.45, 2.75) is 31.8 Å². The van der Waals surface area contributed by atoms with Crippen LogP contribution in [0.2, 0.25) is 10.0 Å². The molecule has 1 heterocycles. The van der Waals surface area contributed by atoms with Crippen molar-refractivity contribution >= 4 is 28.9 Å². The summed E-state index contributed by atoms with van der Waals surface area (Å²) in [4.78, 5) is 2.38. The summed E-state index contributed by atoms with van der Waals surface area (Å²) in [6, 6.07) is 6.89. The van der Waals surface area contributed by atoms with E-state index in [0.717, 1.165) is 25.1 Å². The second-order valence-electron chi connectivity index (χ2n) is 4.68. The van der Waals surface area contributed by atoms with E-state index in [1.807, 2.05) is 19.2 Å². The zero-order valence-electron chi connectivity index (χ0n) is 10.2. The number of hydrogen-bond acceptors (Lipinski definition) is 2. The van der Waals surface area contributed by atoms with Gasteiger partial charge in [0.25, 0.3) is 0 Å². The molecule has 2 rings (SSSR count). The average molecular weight is 273 g/mol. The Bertz CT molecular complexity index is 375. The highest BCUT2D eigenvalue weighted by Gasteiger charge is 2.24. The van der Waals surface area contributed by atoms with Gasteiger partial charge in [-0.2, -0.15) is 0 Å². The van der Waals surface area contributed by atoms with Crippen LogP contribution >= 0.6 is 23.2 Å². The predicted molar refractivity (Wildman–Crippen MR) is 75.4 cm³/mol. The van der Waals surface area contributed by atoms with Gasteiger partial charge >= 0.3 is 0 Å². The lowest BCUT2D eigenvalue weighted by atomic mass is 9.98. The summed E-state index contributed by atoms with van der Waals surface area (Å²) in [6.45, 7) is 3.29. The van der Waals surface area contributed by atoms with E-state index < -0.39 is 0 Å². The summed E-state index contributed by atoms with van der Waals surface area (Å²) in [5.74, 6) is 0. The first-order chi connectivity index (χ1) is 8.10. The van der Waals surface area contributed by atoms with E-state index in [1.54, 1.807) is 6.07 Å². The van der Waals surface area contributed by atoms with Gasteiger partial charge in [-0.25, -0.2) is 0 Å². The molecular weight excluding hydrogens is 255 g/mol. The van der Waals surface area contributed by atoms with Gasteiger partial charge in [-0.05, 0) is 45.0 Å². The summed E-state index contributed by atoms with van der Waals surface area (Å²) in [5.41, 5.74) is 1.13. The highest BCUT2D eigenvalue weighted by atomic mass is 35.5. The fraction of sp³-hybridized carbons (Fsp3) is 0.538. The Morgan fingerprint density at radius 1 is 1.24 bits per heavy atom. The third-order valence-corrected chi connectivity index (χ3v) is 3.90. The van der Waals surface area contributed by atoms with Gasteiger partial charge in [-0.3, -0.25) is 0 Å². The number of halogens is 2. The molecule has 1 fully saturated rings. The van der Waals surface area contributed by atoms with Crippen LogP contribution in [0.15, 0.2) is 18.2 Å². The van der Waals surface area contributed by atoms with Crippen LogP contribution in [0.5, 0.6) is 0 Å². The molecule has 2 unspecified atom stereocenters. The molecule has 0 aliphatic carbocycles. The highest BCUT2D eigenvalue weighted by molar-refractivity contribution is 6.35. The molecule has 2 nitrogen and oxygen atoms in total. The molecule has 17 heavy (non-hydrogen) atoms. The van der Waals surface area contributed by atoms with Crippen LogP contribution in [-0.2, 0) is 0 Å². The monoisotopic (exact) mass is 272 g/mol. The lowest BCUT2D eigenvalue weighted by Gasteiger charge is -2.39. The number of nitrogens with one attached hydrogen (secondary N) is 1. The zero-order valence-corrected chi connectivity index (χ0v) is 11.7. The van der Waals surface area contributed by atoms with E-state index in [9.17, 15) is 0 Å². The lowest BCUT2D eigenvalue weighted by Crippen LogP contribution is -2.46. The minimum absolute atomic E-state index is 0.510. The predicted octanol–water partition coefficient (Wildman–Crippen LogP) is 3.57. The van der Waals surface area contributed by atoms with Crippen molar-refractivity contribution in [3.05, 3.63) is 28.2 Å². The standard InChI is InChI=1S/C13H18Cl2N2/c1-9-5-12(16-2)3-4-17(9)13-7-10(14)6-11(15)8-13/h6-9,12,16H,3-5H2,1-2H3. The van der Waals surface area contributed by atoms with Gasteiger partial charge in [-0.1, -0.05) is 23.2 Å². The van der Waals surface area contributed by atoms with Crippen LogP contribution in [0.25, 0.3) is 0 Å². The molecule has 1 aliphatic heterocycles. The van der Waals surface area contributed by atoms with Crippen LogP contribution in [0.4, 0.5) is 5.69 Å². The zero-order chi connectivity index (χ0) is 12.4. The molecule has 94 valence electrons. The van der Waals surface area contributed by atoms with E-state index in [0.29, 0.717) is 22.1 Å². The van der Waals surface area contributed by atoms with Gasteiger partial charge in [0, 0.05) is 34.4 Å². The van der Waals surface area contributed by atoms with Gasteiger partial charge in [0.15, 0.2) is 0 Å². The van der Waals surface area contributed by atoms with Crippen molar-refractivity contribution in [3.8, 4) is 0 Å². The van der Waals surface area contributed by atoms with E-state index in [2.05, 4.69) is 17.1 Å². The lowest BCUT2D eigenvalue weighted by molar-refractivity contribution is 0.387. The van der Waals surface area contributed by atoms with Crippen molar-refractivity contribution < 1.29 is 0 Å². The van der Waals surface area contributed by atoms with Crippen molar-refractivity contribution in [3.63, 3.8) is 0 Å². The Hall–Kier alpha value is -0.440. The quantitative estimate of drug-likeness (QED) is 0.886. The molecule has 0 saturated carbocycles. The van der Waals surface area contributed by atoms with E-state index in [-0.39, 0.29) is 0 Å². The minimum Gasteiger partial charge on any atom is -0.369 e. The summed E-state index contributed by atoms with van der Waals surface area (Å²) in [5, 5.41) is 4.76. The van der Waals surface area contributed by atoms with Crippen molar-refractivity contribution in [1.29, 1.82) is 0 Å². The molecule has 1 aromatic rings. The molecule has 0 spiro atoms. The molecule has 0 radical (unpaired) electrons. The van der Waals surface area contributed by atoms with Crippen LogP contribution in [0, 0.1) is 0 Å². The molecule has 0 bridgehead atoms. The molecule has 1 aromatic carbocycles. The highest BCUT2D eigenvalue weighted by Crippen LogP contribution is 2.30. The Balaban J connectivity index is 2.17. The maximum atomic E-state index is 6.05. The molecule has 1 aliphatic rings. The molecule has 1 saturated heterocycles. The Morgan fingerprint density at radius 2 is 1.88 bits per heavy atom. The smallest absolute Gasteiger partial charge is 0.0441 e. The fourth-order valence-electron chi connectivity index (χ4n) is 2.52. The first-order valence-electron chi connectivity index (χ1n) is 6.00. The van der Waals surface area contributed by atoms with E-state index in [4.69, 9.17) is 23.2 Å². The summed E-state index contributed by atoms with van der Waals surface area (Å²) in [6.07, 6.45) is 2.31. The molecular formula is C13H18Cl2N2. The van der Waals surface area contributed by atoms with Crippen molar-refractivity contribution in [2.24, 2.45) is 0 Å². The number of nitrogens with zero attached hydrogens (tertiary/aromatic N) is 1. The molecule has 1 N–H and O–H groups in total. The maximum absolute atomic E-state index is 6.05. The molecule has 2 atom stereocenters. The van der Waals surface area contributed by atoms with E-state index >= 15 is 0 Å². The van der Waals surface area contributed by atoms with Crippen LogP contribution in [0.1, 0.15) is 19.8 Å². The number of anilines is 1.